The Hall–Kier alpha value is -0.540. The number of nitrogens with one attached hydrogen (secondary N) is 1. The number of quaternary nitrogens is 1. The van der Waals surface area contributed by atoms with Crippen LogP contribution >= 0.6 is 0 Å². The Bertz CT molecular complexity index is 628. The Morgan fingerprint density at radius 3 is 1.65 bits per heavy atom. The fourth-order valence-electron chi connectivity index (χ4n) is 2.49. The van der Waals surface area contributed by atoms with Crippen LogP contribution < -0.4 is 17.1 Å². The van der Waals surface area contributed by atoms with Crippen LogP contribution in [0.2, 0.25) is 0 Å². The topological polar surface area (TPSA) is 46.2 Å². The van der Waals surface area contributed by atoms with E-state index in [4.69, 9.17) is 0 Å². The fourth-order valence-corrected chi connectivity index (χ4v) is 3.63. The first-order valence-corrected chi connectivity index (χ1v) is 10.3. The van der Waals surface area contributed by atoms with Crippen LogP contribution in [0, 0.1) is 5.92 Å². The molecule has 0 aliphatic heterocycles. The lowest BCUT2D eigenvalue weighted by atomic mass is 9.87. The Morgan fingerprint density at radius 1 is 0.839 bits per heavy atom. The molecule has 1 N–H and O–H groups in total. The summed E-state index contributed by atoms with van der Waals surface area (Å²) >= 11 is 0. The number of alkyl halides is 10. The zero-order valence-corrected chi connectivity index (χ0v) is 18.4. The standard InChI is InChI=1S/C15H25F10N2O2S.ClH/c1-27(2,3)8-5-7-26-30(28,29)9-4-6-11(13(17,18)19)10-12(16,14(20,21)22)15(23,24)25;/h11,26H,4-10H2,1-3H3;1H/q+1;/p-1. The van der Waals surface area contributed by atoms with Gasteiger partial charge >= 0.3 is 18.5 Å². The number of sulfonamides is 1. The molecule has 4 nitrogen and oxygen atoms in total. The van der Waals surface area contributed by atoms with Gasteiger partial charge < -0.3 is 16.9 Å². The van der Waals surface area contributed by atoms with Crippen LogP contribution in [0.1, 0.15) is 25.7 Å². The summed E-state index contributed by atoms with van der Waals surface area (Å²) in [5.41, 5.74) is -6.07. The van der Waals surface area contributed by atoms with Crippen molar-refractivity contribution in [1.29, 1.82) is 0 Å². The summed E-state index contributed by atoms with van der Waals surface area (Å²) in [7, 11) is 1.39. The van der Waals surface area contributed by atoms with Crippen LogP contribution in [0.3, 0.4) is 0 Å². The number of rotatable bonds is 11. The summed E-state index contributed by atoms with van der Waals surface area (Å²) in [6.45, 7) is 0.516. The first-order chi connectivity index (χ1) is 13.0. The van der Waals surface area contributed by atoms with E-state index >= 15 is 0 Å². The van der Waals surface area contributed by atoms with E-state index in [0.29, 0.717) is 17.4 Å². The molecule has 0 amide bonds. The van der Waals surface area contributed by atoms with Crippen molar-refractivity contribution in [1.82, 2.24) is 4.72 Å². The van der Waals surface area contributed by atoms with Crippen molar-refractivity contribution in [3.63, 3.8) is 0 Å². The second kappa shape index (κ2) is 11.1. The number of hydrogen-bond acceptors (Lipinski definition) is 2. The molecule has 0 rings (SSSR count). The van der Waals surface area contributed by atoms with Crippen LogP contribution in [0.4, 0.5) is 43.9 Å². The number of hydrogen-bond donors (Lipinski definition) is 1. The van der Waals surface area contributed by atoms with Crippen molar-refractivity contribution in [2.45, 2.75) is 49.9 Å². The van der Waals surface area contributed by atoms with Crippen molar-refractivity contribution in [2.75, 3.05) is 40.0 Å². The zero-order valence-electron chi connectivity index (χ0n) is 16.9. The Kier molecular flexibility index (Phi) is 11.6. The van der Waals surface area contributed by atoms with Gasteiger partial charge in [0.15, 0.2) is 0 Å². The van der Waals surface area contributed by atoms with Gasteiger partial charge in [-0.3, -0.25) is 0 Å². The van der Waals surface area contributed by atoms with E-state index in [1.807, 2.05) is 21.1 Å². The normalized spacial score (nSPS) is 15.5. The SMILES string of the molecule is C[N+](C)(C)CCCNS(=O)(=O)CCCC(CC(F)(C(F)(F)F)C(F)(F)F)C(F)(F)F.[Cl-]. The lowest BCUT2D eigenvalue weighted by Gasteiger charge is -2.33. The van der Waals surface area contributed by atoms with Gasteiger partial charge in [0, 0.05) is 19.4 Å². The lowest BCUT2D eigenvalue weighted by Crippen LogP contribution is -3.00. The van der Waals surface area contributed by atoms with Gasteiger partial charge in [0.2, 0.25) is 10.0 Å². The van der Waals surface area contributed by atoms with E-state index in [-0.39, 0.29) is 19.0 Å². The van der Waals surface area contributed by atoms with E-state index < -0.39 is 65.2 Å². The highest BCUT2D eigenvalue weighted by Gasteiger charge is 2.73. The van der Waals surface area contributed by atoms with E-state index in [1.54, 1.807) is 0 Å². The highest BCUT2D eigenvalue weighted by atomic mass is 35.5. The van der Waals surface area contributed by atoms with Crippen LogP contribution in [-0.4, -0.2) is 77.1 Å². The number of nitrogens with zero attached hydrogens (tertiary/aromatic N) is 1. The molecular weight excluding hydrogens is 498 g/mol. The summed E-state index contributed by atoms with van der Waals surface area (Å²) in [4.78, 5) is 0. The van der Waals surface area contributed by atoms with Crippen molar-refractivity contribution in [3.8, 4) is 0 Å². The third-order valence-electron chi connectivity index (χ3n) is 4.18. The van der Waals surface area contributed by atoms with Crippen molar-refractivity contribution >= 4 is 10.0 Å². The van der Waals surface area contributed by atoms with Crippen LogP contribution in [0.15, 0.2) is 0 Å². The van der Waals surface area contributed by atoms with Crippen LogP contribution in [0.25, 0.3) is 0 Å². The van der Waals surface area contributed by atoms with E-state index in [0.717, 1.165) is 0 Å². The van der Waals surface area contributed by atoms with Gasteiger partial charge in [0.1, 0.15) is 0 Å². The Labute approximate surface area is 180 Å². The maximum absolute atomic E-state index is 13.7. The molecule has 0 aromatic heterocycles. The van der Waals surface area contributed by atoms with Crippen molar-refractivity contribution in [3.05, 3.63) is 0 Å². The summed E-state index contributed by atoms with van der Waals surface area (Å²) < 4.78 is 154. The minimum Gasteiger partial charge on any atom is -1.00 e. The first-order valence-electron chi connectivity index (χ1n) is 8.69. The molecule has 31 heavy (non-hydrogen) atoms. The van der Waals surface area contributed by atoms with Crippen LogP contribution in [-0.2, 0) is 10.0 Å². The third-order valence-corrected chi connectivity index (χ3v) is 5.65. The molecule has 0 radical (unpaired) electrons. The summed E-state index contributed by atoms with van der Waals surface area (Å²) in [6.07, 6.45) is -23.7. The molecule has 1 unspecified atom stereocenters. The van der Waals surface area contributed by atoms with Crippen molar-refractivity contribution in [2.24, 2.45) is 5.92 Å². The molecule has 0 saturated heterocycles. The molecule has 190 valence electrons. The zero-order chi connectivity index (χ0) is 24.2. The molecule has 0 saturated carbocycles. The molecule has 0 heterocycles. The Morgan fingerprint density at radius 2 is 1.29 bits per heavy atom. The highest BCUT2D eigenvalue weighted by Crippen LogP contribution is 2.52. The van der Waals surface area contributed by atoms with Gasteiger partial charge in [0.05, 0.1) is 39.4 Å². The minimum atomic E-state index is -6.62. The van der Waals surface area contributed by atoms with Gasteiger partial charge in [-0.2, -0.15) is 39.5 Å². The molecule has 0 aromatic carbocycles. The fraction of sp³-hybridized carbons (Fsp3) is 1.00. The first kappa shape index (κ1) is 32.6. The largest absolute Gasteiger partial charge is 1.00 e. The summed E-state index contributed by atoms with van der Waals surface area (Å²) in [5, 5.41) is 0. The average molecular weight is 523 g/mol. The van der Waals surface area contributed by atoms with Crippen molar-refractivity contribution < 1.29 is 69.2 Å². The summed E-state index contributed by atoms with van der Waals surface area (Å²) in [6, 6.07) is 0. The molecule has 0 aliphatic rings. The van der Waals surface area contributed by atoms with E-state index in [1.165, 1.54) is 0 Å². The molecule has 16 heteroatoms. The smallest absolute Gasteiger partial charge is 0.431 e. The van der Waals surface area contributed by atoms with Crippen LogP contribution in [0.5, 0.6) is 0 Å². The van der Waals surface area contributed by atoms with E-state index in [2.05, 4.69) is 4.72 Å². The van der Waals surface area contributed by atoms with Gasteiger partial charge in [0.25, 0.3) is 5.67 Å². The predicted molar refractivity (Wildman–Crippen MR) is 88.7 cm³/mol. The molecule has 0 spiro atoms. The van der Waals surface area contributed by atoms with Gasteiger partial charge in [-0.1, -0.05) is 0 Å². The lowest BCUT2D eigenvalue weighted by molar-refractivity contribution is -0.870. The van der Waals surface area contributed by atoms with Gasteiger partial charge in [-0.25, -0.2) is 17.5 Å². The average Bonchev–Trinajstić information content (AvgIpc) is 2.46. The van der Waals surface area contributed by atoms with Gasteiger partial charge in [-0.05, 0) is 12.8 Å². The molecule has 1 atom stereocenters. The predicted octanol–water partition coefficient (Wildman–Crippen LogP) is 1.19. The molecule has 0 fully saturated rings. The molecule has 0 aromatic rings. The molecule has 0 bridgehead atoms. The second-order valence-corrected chi connectivity index (χ2v) is 9.89. The van der Waals surface area contributed by atoms with E-state index in [9.17, 15) is 52.3 Å². The molecule has 0 aliphatic carbocycles. The highest BCUT2D eigenvalue weighted by molar-refractivity contribution is 7.89. The maximum Gasteiger partial charge on any atom is 0.431 e. The molecular formula is C15H25ClF10N2O2S. The number of halogens is 11. The van der Waals surface area contributed by atoms with Gasteiger partial charge in [-0.15, -0.1) is 0 Å². The monoisotopic (exact) mass is 522 g/mol. The third kappa shape index (κ3) is 11.2. The maximum atomic E-state index is 13.7. The minimum absolute atomic E-state index is 0. The Balaban J connectivity index is 0. The second-order valence-electron chi connectivity index (χ2n) is 7.96. The quantitative estimate of drug-likeness (QED) is 0.252. The summed E-state index contributed by atoms with van der Waals surface area (Å²) in [5.74, 6) is -4.29.